The van der Waals surface area contributed by atoms with Crippen molar-refractivity contribution < 1.29 is 22.7 Å². The number of aryl methyl sites for hydroxylation is 1. The normalized spacial score (nSPS) is 11.9. The molecule has 0 saturated heterocycles. The Hall–Kier alpha value is -2.29. The molecule has 0 saturated carbocycles. The summed E-state index contributed by atoms with van der Waals surface area (Å²) in [4.78, 5) is 14.5. The topological polar surface area (TPSA) is 43.8 Å². The lowest BCUT2D eigenvalue weighted by molar-refractivity contribution is -0.895. The number of fused-ring (bicyclic) bond motifs is 1. The molecule has 0 aliphatic heterocycles. The van der Waals surface area contributed by atoms with Gasteiger partial charge in [-0.25, -0.2) is 4.98 Å². The summed E-state index contributed by atoms with van der Waals surface area (Å²) >= 11 is 1.60. The maximum atomic E-state index is 13.2. The molecule has 0 aromatic carbocycles. The number of pyridine rings is 2. The van der Waals surface area contributed by atoms with Crippen LogP contribution in [0.5, 0.6) is 0 Å². The van der Waals surface area contributed by atoms with Gasteiger partial charge in [0.2, 0.25) is 6.20 Å². The summed E-state index contributed by atoms with van der Waals surface area (Å²) in [5.74, 6) is 1.36. The van der Waals surface area contributed by atoms with Gasteiger partial charge in [-0.1, -0.05) is 6.92 Å². The van der Waals surface area contributed by atoms with Crippen molar-refractivity contribution in [2.45, 2.75) is 18.0 Å². The van der Waals surface area contributed by atoms with Crippen molar-refractivity contribution in [3.05, 3.63) is 36.3 Å². The maximum absolute atomic E-state index is 13.2. The molecule has 0 bridgehead atoms. The summed E-state index contributed by atoms with van der Waals surface area (Å²) < 4.78 is 42.0. The fourth-order valence-electron chi connectivity index (χ4n) is 2.57. The Balaban J connectivity index is 2.24. The molecule has 0 atom stereocenters. The fourth-order valence-corrected chi connectivity index (χ4v) is 3.33. The van der Waals surface area contributed by atoms with Crippen molar-refractivity contribution in [1.29, 1.82) is 0 Å². The lowest BCUT2D eigenvalue weighted by Gasteiger charge is -2.06. The second-order valence-corrected chi connectivity index (χ2v) is 6.52. The van der Waals surface area contributed by atoms with Gasteiger partial charge in [-0.15, -0.1) is 11.8 Å². The summed E-state index contributed by atoms with van der Waals surface area (Å²) in [5.41, 5.74) is 0.473. The average Bonchev–Trinajstić information content (AvgIpc) is 2.90. The van der Waals surface area contributed by atoms with E-state index in [2.05, 4.69) is 9.97 Å². The highest BCUT2D eigenvalue weighted by Gasteiger charge is 2.43. The first kappa shape index (κ1) is 17.5. The van der Waals surface area contributed by atoms with Gasteiger partial charge in [0.15, 0.2) is 5.82 Å². The van der Waals surface area contributed by atoms with Crippen LogP contribution in [0.4, 0.5) is 13.2 Å². The number of imidazole rings is 1. The lowest BCUT2D eigenvalue weighted by Crippen LogP contribution is -2.47. The Morgan fingerprint density at radius 3 is 2.76 bits per heavy atom. The first-order valence-corrected chi connectivity index (χ1v) is 8.47. The molecule has 0 N–H and O–H groups in total. The van der Waals surface area contributed by atoms with Crippen LogP contribution in [0.2, 0.25) is 0 Å². The summed E-state index contributed by atoms with van der Waals surface area (Å²) in [7, 11) is 2.93. The molecule has 0 fully saturated rings. The van der Waals surface area contributed by atoms with E-state index in [-0.39, 0.29) is 5.52 Å². The molecule has 3 rings (SSSR count). The van der Waals surface area contributed by atoms with Crippen LogP contribution >= 0.6 is 11.8 Å². The maximum Gasteiger partial charge on any atom is 0.482 e. The van der Waals surface area contributed by atoms with Crippen LogP contribution in [0.25, 0.3) is 22.6 Å². The third-order valence-electron chi connectivity index (χ3n) is 3.69. The van der Waals surface area contributed by atoms with Gasteiger partial charge in [-0.2, -0.15) is 13.2 Å². The summed E-state index contributed by atoms with van der Waals surface area (Å²) in [6.07, 6.45) is -1.62. The van der Waals surface area contributed by atoms with E-state index in [1.807, 2.05) is 19.1 Å². The van der Waals surface area contributed by atoms with E-state index in [0.717, 1.165) is 16.7 Å². The highest BCUT2D eigenvalue weighted by atomic mass is 32.2. The second kappa shape index (κ2) is 6.55. The van der Waals surface area contributed by atoms with E-state index in [0.29, 0.717) is 21.8 Å². The fraction of sp³-hybridized carbons (Fsp3) is 0.312. The number of rotatable bonds is 4. The lowest BCUT2D eigenvalue weighted by atomic mass is 10.3. The van der Waals surface area contributed by atoms with E-state index >= 15 is 0 Å². The van der Waals surface area contributed by atoms with Crippen LogP contribution in [0.1, 0.15) is 12.6 Å². The Kier molecular flexibility index (Phi) is 4.59. The minimum Gasteiger partial charge on any atom is -0.321 e. The number of halogens is 3. The second-order valence-electron chi connectivity index (χ2n) is 5.21. The number of nitrogens with zero attached hydrogens (tertiary/aromatic N) is 4. The van der Waals surface area contributed by atoms with Crippen molar-refractivity contribution in [3.63, 3.8) is 0 Å². The van der Waals surface area contributed by atoms with E-state index in [4.69, 9.17) is 4.84 Å². The number of aromatic nitrogens is 4. The molecule has 0 unspecified atom stereocenters. The minimum atomic E-state index is -4.55. The molecule has 25 heavy (non-hydrogen) atoms. The molecular weight excluding hydrogens is 353 g/mol. The van der Waals surface area contributed by atoms with Gasteiger partial charge in [0.1, 0.15) is 23.8 Å². The quantitative estimate of drug-likeness (QED) is 0.524. The molecule has 0 aliphatic rings. The van der Waals surface area contributed by atoms with Crippen LogP contribution in [-0.2, 0) is 13.2 Å². The Morgan fingerprint density at radius 2 is 2.12 bits per heavy atom. The average molecular weight is 369 g/mol. The monoisotopic (exact) mass is 369 g/mol. The highest BCUT2D eigenvalue weighted by Crippen LogP contribution is 2.32. The van der Waals surface area contributed by atoms with E-state index in [1.165, 1.54) is 13.3 Å². The minimum absolute atomic E-state index is 0.233. The predicted molar refractivity (Wildman–Crippen MR) is 88.0 cm³/mol. The van der Waals surface area contributed by atoms with Gasteiger partial charge in [0, 0.05) is 28.9 Å². The largest absolute Gasteiger partial charge is 0.482 e. The molecule has 132 valence electrons. The third-order valence-corrected chi connectivity index (χ3v) is 4.62. The highest BCUT2D eigenvalue weighted by molar-refractivity contribution is 7.99. The van der Waals surface area contributed by atoms with Crippen molar-refractivity contribution >= 4 is 22.8 Å². The van der Waals surface area contributed by atoms with Gasteiger partial charge in [-0.05, 0) is 17.9 Å². The van der Waals surface area contributed by atoms with Crippen LogP contribution in [0.15, 0.2) is 35.5 Å². The first-order valence-electron chi connectivity index (χ1n) is 7.48. The summed E-state index contributed by atoms with van der Waals surface area (Å²) in [6, 6.07) is 4.73. The van der Waals surface area contributed by atoms with Crippen LogP contribution in [0, 0.1) is 0 Å². The SMILES string of the molecule is CCSc1cccnc1-c1nc2cc(C(F)(F)F)[n+](OC)cc2n1C. The zero-order valence-electron chi connectivity index (χ0n) is 13.8. The van der Waals surface area contributed by atoms with Gasteiger partial charge < -0.3 is 4.57 Å². The Labute approximate surface area is 146 Å². The zero-order valence-corrected chi connectivity index (χ0v) is 14.6. The van der Waals surface area contributed by atoms with Gasteiger partial charge in [-0.3, -0.25) is 9.82 Å². The van der Waals surface area contributed by atoms with Gasteiger partial charge in [0.05, 0.1) is 0 Å². The van der Waals surface area contributed by atoms with Crippen molar-refractivity contribution in [2.75, 3.05) is 12.9 Å². The van der Waals surface area contributed by atoms with Crippen molar-refractivity contribution in [2.24, 2.45) is 7.05 Å². The molecule has 0 radical (unpaired) electrons. The number of hydrogen-bond donors (Lipinski definition) is 0. The molecule has 3 heterocycles. The number of alkyl halides is 3. The first-order chi connectivity index (χ1) is 11.9. The van der Waals surface area contributed by atoms with E-state index in [1.54, 1.807) is 29.6 Å². The summed E-state index contributed by atoms with van der Waals surface area (Å²) in [5, 5.41) is 0. The Bertz CT molecular complexity index is 924. The number of hydrogen-bond acceptors (Lipinski definition) is 4. The third kappa shape index (κ3) is 3.15. The summed E-state index contributed by atoms with van der Waals surface area (Å²) in [6.45, 7) is 2.02. The van der Waals surface area contributed by atoms with Crippen molar-refractivity contribution in [1.82, 2.24) is 14.5 Å². The van der Waals surface area contributed by atoms with Crippen molar-refractivity contribution in [3.8, 4) is 11.5 Å². The Morgan fingerprint density at radius 1 is 1.36 bits per heavy atom. The molecule has 3 aromatic heterocycles. The van der Waals surface area contributed by atoms with Gasteiger partial charge >= 0.3 is 11.9 Å². The van der Waals surface area contributed by atoms with Crippen LogP contribution < -0.4 is 9.57 Å². The predicted octanol–water partition coefficient (Wildman–Crippen LogP) is 3.11. The molecule has 9 heteroatoms. The molecule has 3 aromatic rings. The van der Waals surface area contributed by atoms with Crippen LogP contribution in [0.3, 0.4) is 0 Å². The van der Waals surface area contributed by atoms with Gasteiger partial charge in [0.25, 0.3) is 0 Å². The molecule has 0 spiro atoms. The molecule has 0 aliphatic carbocycles. The van der Waals surface area contributed by atoms with E-state index < -0.39 is 11.9 Å². The van der Waals surface area contributed by atoms with E-state index in [9.17, 15) is 13.2 Å². The molecule has 0 amide bonds. The number of thioether (sulfide) groups is 1. The standard InChI is InChI=1S/C16H16F3N4OS/c1-4-25-12-6-5-7-20-14(12)15-21-10-8-13(16(17,18)19)23(24-3)9-11(10)22(15)2/h5-9H,4H2,1-3H3/q+1. The zero-order chi connectivity index (χ0) is 18.2. The molecular formula is C16H16F3N4OS+. The van der Waals surface area contributed by atoms with Crippen LogP contribution in [-0.4, -0.2) is 27.4 Å². The smallest absolute Gasteiger partial charge is 0.321 e. The molecule has 5 nitrogen and oxygen atoms in total.